The molecule has 15 heavy (non-hydrogen) atoms. The molecule has 1 N–H and O–H groups in total. The van der Waals surface area contributed by atoms with E-state index in [4.69, 9.17) is 0 Å². The van der Waals surface area contributed by atoms with Gasteiger partial charge < -0.3 is 5.32 Å². The van der Waals surface area contributed by atoms with Gasteiger partial charge in [0.1, 0.15) is 12.2 Å². The molecule has 1 aromatic heterocycles. The summed E-state index contributed by atoms with van der Waals surface area (Å²) in [5, 5.41) is 7.46. The van der Waals surface area contributed by atoms with E-state index in [1.165, 1.54) is 6.42 Å². The van der Waals surface area contributed by atoms with E-state index in [0.717, 1.165) is 31.8 Å². The van der Waals surface area contributed by atoms with Crippen molar-refractivity contribution in [2.24, 2.45) is 5.92 Å². The summed E-state index contributed by atoms with van der Waals surface area (Å²) in [5.74, 6) is 1.79. The van der Waals surface area contributed by atoms with Gasteiger partial charge in [-0.05, 0) is 25.9 Å². The fraction of sp³-hybridized carbons (Fsp3) is 0.818. The molecule has 0 spiro atoms. The zero-order valence-electron chi connectivity index (χ0n) is 10.0. The lowest BCUT2D eigenvalue weighted by Crippen LogP contribution is -2.22. The first-order chi connectivity index (χ1) is 7.31. The van der Waals surface area contributed by atoms with Crippen LogP contribution in [0.5, 0.6) is 0 Å². The van der Waals surface area contributed by atoms with Gasteiger partial charge in [0.05, 0.1) is 0 Å². The minimum absolute atomic E-state index is 0.662. The molecule has 0 radical (unpaired) electrons. The Morgan fingerprint density at radius 3 is 2.87 bits per heavy atom. The molecular formula is C11H22N4. The molecule has 4 nitrogen and oxygen atoms in total. The fourth-order valence-electron chi connectivity index (χ4n) is 1.75. The van der Waals surface area contributed by atoms with Gasteiger partial charge in [-0.25, -0.2) is 4.98 Å². The molecule has 4 heteroatoms. The summed E-state index contributed by atoms with van der Waals surface area (Å²) in [4.78, 5) is 4.33. The highest BCUT2D eigenvalue weighted by Gasteiger charge is 2.11. The zero-order valence-corrected chi connectivity index (χ0v) is 10.0. The third kappa shape index (κ3) is 3.63. The van der Waals surface area contributed by atoms with Crippen molar-refractivity contribution in [2.75, 3.05) is 13.6 Å². The molecule has 0 bridgehead atoms. The van der Waals surface area contributed by atoms with E-state index in [1.807, 2.05) is 11.7 Å². The van der Waals surface area contributed by atoms with Crippen LogP contribution in [0.1, 0.15) is 32.5 Å². The molecular weight excluding hydrogens is 188 g/mol. The van der Waals surface area contributed by atoms with Gasteiger partial charge in [-0.1, -0.05) is 20.3 Å². The van der Waals surface area contributed by atoms with Crippen LogP contribution in [0.25, 0.3) is 0 Å². The Hall–Kier alpha value is -0.900. The van der Waals surface area contributed by atoms with Crippen molar-refractivity contribution in [1.82, 2.24) is 20.1 Å². The number of nitrogens with zero attached hydrogens (tertiary/aromatic N) is 3. The van der Waals surface area contributed by atoms with Crippen molar-refractivity contribution in [3.8, 4) is 0 Å². The molecule has 0 aliphatic rings. The van der Waals surface area contributed by atoms with Crippen molar-refractivity contribution >= 4 is 0 Å². The lowest BCUT2D eigenvalue weighted by atomic mass is 10.0. The van der Waals surface area contributed by atoms with Gasteiger partial charge in [-0.15, -0.1) is 0 Å². The molecule has 1 aromatic rings. The van der Waals surface area contributed by atoms with Gasteiger partial charge in [0.15, 0.2) is 0 Å². The van der Waals surface area contributed by atoms with Crippen molar-refractivity contribution in [2.45, 2.75) is 39.7 Å². The highest BCUT2D eigenvalue weighted by atomic mass is 15.3. The average Bonchev–Trinajstić information content (AvgIpc) is 2.66. The number of hydrogen-bond acceptors (Lipinski definition) is 3. The summed E-state index contributed by atoms with van der Waals surface area (Å²) >= 11 is 0. The molecule has 86 valence electrons. The molecule has 0 saturated carbocycles. The van der Waals surface area contributed by atoms with E-state index >= 15 is 0 Å². The van der Waals surface area contributed by atoms with E-state index in [-0.39, 0.29) is 0 Å². The third-order valence-electron chi connectivity index (χ3n) is 2.67. The van der Waals surface area contributed by atoms with Crippen LogP contribution in [0.3, 0.4) is 0 Å². The second kappa shape index (κ2) is 6.56. The maximum absolute atomic E-state index is 4.33. The monoisotopic (exact) mass is 210 g/mol. The van der Waals surface area contributed by atoms with E-state index < -0.39 is 0 Å². The van der Waals surface area contributed by atoms with Crippen LogP contribution in [0.4, 0.5) is 0 Å². The first-order valence-electron chi connectivity index (χ1n) is 5.83. The van der Waals surface area contributed by atoms with Gasteiger partial charge in [0.25, 0.3) is 0 Å². The highest BCUT2D eigenvalue weighted by molar-refractivity contribution is 4.87. The number of aryl methyl sites for hydroxylation is 1. The Labute approximate surface area is 92.1 Å². The normalized spacial score (nSPS) is 13.0. The van der Waals surface area contributed by atoms with Crippen LogP contribution in [0.2, 0.25) is 0 Å². The zero-order chi connectivity index (χ0) is 11.1. The molecule has 0 aliphatic heterocycles. The predicted octanol–water partition coefficient (Wildman–Crippen LogP) is 1.48. The second-order valence-corrected chi connectivity index (χ2v) is 3.94. The molecule has 0 aromatic carbocycles. The summed E-state index contributed by atoms with van der Waals surface area (Å²) in [6.45, 7) is 6.42. The molecule has 0 saturated heterocycles. The van der Waals surface area contributed by atoms with Crippen LogP contribution < -0.4 is 5.32 Å². The maximum Gasteiger partial charge on any atom is 0.138 e. The molecule has 1 atom stereocenters. The SMILES string of the molecule is CCCn1ncnc1CC(CC)CNC. The summed E-state index contributed by atoms with van der Waals surface area (Å²) < 4.78 is 2.03. The molecule has 0 aliphatic carbocycles. The summed E-state index contributed by atoms with van der Waals surface area (Å²) in [7, 11) is 2.00. The number of aromatic nitrogens is 3. The molecule has 0 fully saturated rings. The Morgan fingerprint density at radius 2 is 2.27 bits per heavy atom. The Balaban J connectivity index is 2.57. The summed E-state index contributed by atoms with van der Waals surface area (Å²) in [6, 6.07) is 0. The van der Waals surface area contributed by atoms with Crippen LogP contribution in [0.15, 0.2) is 6.33 Å². The largest absolute Gasteiger partial charge is 0.319 e. The highest BCUT2D eigenvalue weighted by Crippen LogP contribution is 2.09. The van der Waals surface area contributed by atoms with Crippen LogP contribution in [-0.2, 0) is 13.0 Å². The molecule has 0 amide bonds. The van der Waals surface area contributed by atoms with Gasteiger partial charge in [0.2, 0.25) is 0 Å². The van der Waals surface area contributed by atoms with Crippen molar-refractivity contribution in [1.29, 1.82) is 0 Å². The lowest BCUT2D eigenvalue weighted by Gasteiger charge is -2.13. The van der Waals surface area contributed by atoms with Gasteiger partial charge in [0, 0.05) is 13.0 Å². The van der Waals surface area contributed by atoms with E-state index in [0.29, 0.717) is 5.92 Å². The van der Waals surface area contributed by atoms with E-state index in [2.05, 4.69) is 29.2 Å². The second-order valence-electron chi connectivity index (χ2n) is 3.94. The average molecular weight is 210 g/mol. The van der Waals surface area contributed by atoms with Crippen LogP contribution in [-0.4, -0.2) is 28.4 Å². The topological polar surface area (TPSA) is 42.7 Å². The van der Waals surface area contributed by atoms with Crippen molar-refractivity contribution in [3.63, 3.8) is 0 Å². The third-order valence-corrected chi connectivity index (χ3v) is 2.67. The maximum atomic E-state index is 4.33. The standard InChI is InChI=1S/C11H22N4/c1-4-6-15-11(13-9-14-15)7-10(5-2)8-12-3/h9-10,12H,4-8H2,1-3H3. The minimum Gasteiger partial charge on any atom is -0.319 e. The van der Waals surface area contributed by atoms with Crippen molar-refractivity contribution in [3.05, 3.63) is 12.2 Å². The summed E-state index contributed by atoms with van der Waals surface area (Å²) in [6.07, 6.45) is 4.98. The fourth-order valence-corrected chi connectivity index (χ4v) is 1.75. The van der Waals surface area contributed by atoms with Gasteiger partial charge in [-0.3, -0.25) is 4.68 Å². The Kier molecular flexibility index (Phi) is 5.32. The summed E-state index contributed by atoms with van der Waals surface area (Å²) in [5.41, 5.74) is 0. The minimum atomic E-state index is 0.662. The van der Waals surface area contributed by atoms with Gasteiger partial charge in [-0.2, -0.15) is 5.10 Å². The number of hydrogen-bond donors (Lipinski definition) is 1. The molecule has 1 heterocycles. The Morgan fingerprint density at radius 1 is 1.47 bits per heavy atom. The van der Waals surface area contributed by atoms with Crippen molar-refractivity contribution < 1.29 is 0 Å². The molecule has 1 rings (SSSR count). The first-order valence-corrected chi connectivity index (χ1v) is 5.83. The Bertz CT molecular complexity index is 269. The van der Waals surface area contributed by atoms with Crippen LogP contribution >= 0.6 is 0 Å². The van der Waals surface area contributed by atoms with Gasteiger partial charge >= 0.3 is 0 Å². The predicted molar refractivity (Wildman–Crippen MR) is 61.7 cm³/mol. The quantitative estimate of drug-likeness (QED) is 0.741. The lowest BCUT2D eigenvalue weighted by molar-refractivity contribution is 0.449. The van der Waals surface area contributed by atoms with Crippen LogP contribution in [0, 0.1) is 5.92 Å². The number of rotatable bonds is 7. The van der Waals surface area contributed by atoms with E-state index in [1.54, 1.807) is 6.33 Å². The first kappa shape index (κ1) is 12.2. The molecule has 1 unspecified atom stereocenters. The van der Waals surface area contributed by atoms with E-state index in [9.17, 15) is 0 Å². The smallest absolute Gasteiger partial charge is 0.138 e. The number of nitrogens with one attached hydrogen (secondary N) is 1.